The van der Waals surface area contributed by atoms with Crippen molar-refractivity contribution in [3.8, 4) is 0 Å². The molecule has 0 aliphatic heterocycles. The van der Waals surface area contributed by atoms with Crippen molar-refractivity contribution in [1.29, 1.82) is 0 Å². The lowest BCUT2D eigenvalue weighted by Gasteiger charge is -2.07. The van der Waals surface area contributed by atoms with E-state index in [0.717, 1.165) is 0 Å². The molecule has 6 heteroatoms. The van der Waals surface area contributed by atoms with E-state index in [1.54, 1.807) is 13.8 Å². The highest BCUT2D eigenvalue weighted by Crippen LogP contribution is 2.32. The third-order valence-electron chi connectivity index (χ3n) is 0.362. The number of rotatable bonds is 2. The van der Waals surface area contributed by atoms with Crippen molar-refractivity contribution in [2.45, 2.75) is 20.0 Å². The molecule has 0 radical (unpaired) electrons. The van der Waals surface area contributed by atoms with Crippen molar-refractivity contribution in [3.05, 3.63) is 0 Å². The summed E-state index contributed by atoms with van der Waals surface area (Å²) in [4.78, 5) is 8.30. The normalized spacial score (nSPS) is 16.6. The third kappa shape index (κ3) is 11.6. The van der Waals surface area contributed by atoms with Gasteiger partial charge in [0, 0.05) is 0 Å². The van der Waals surface area contributed by atoms with Crippen LogP contribution in [0.5, 0.6) is 0 Å². The van der Waals surface area contributed by atoms with E-state index < -0.39 is 7.75 Å². The van der Waals surface area contributed by atoms with Crippen molar-refractivity contribution in [2.75, 3.05) is 0 Å². The van der Waals surface area contributed by atoms with Crippen LogP contribution in [0.25, 0.3) is 0 Å². The van der Waals surface area contributed by atoms with Crippen molar-refractivity contribution in [2.24, 2.45) is 5.50 Å². The molecule has 0 aromatic rings. The molecule has 0 amide bonds. The Labute approximate surface area is 54.4 Å². The smallest absolute Gasteiger partial charge is 0.344 e. The van der Waals surface area contributed by atoms with Gasteiger partial charge in [0.05, 0.1) is 6.10 Å². The van der Waals surface area contributed by atoms with Gasteiger partial charge in [0.2, 0.25) is 0 Å². The molecule has 0 bridgehead atoms. The Balaban J connectivity index is 0. The zero-order chi connectivity index (χ0) is 6.78. The first-order valence-corrected chi connectivity index (χ1v) is 3.86. The van der Waals surface area contributed by atoms with E-state index in [-0.39, 0.29) is 12.3 Å². The summed E-state index contributed by atoms with van der Waals surface area (Å²) in [7, 11) is -3.72. The van der Waals surface area contributed by atoms with E-state index in [0.29, 0.717) is 0 Å². The zero-order valence-corrected chi connectivity index (χ0v) is 6.47. The predicted molar refractivity (Wildman–Crippen MR) is 35.3 cm³/mol. The van der Waals surface area contributed by atoms with Gasteiger partial charge in [-0.25, -0.2) is 10.1 Å². The first-order valence-electron chi connectivity index (χ1n) is 2.21. The molecule has 0 rings (SSSR count). The topological polar surface area (TPSA) is 108 Å². The molecule has 9 heavy (non-hydrogen) atoms. The van der Waals surface area contributed by atoms with E-state index in [1.807, 2.05) is 0 Å². The molecule has 0 spiro atoms. The van der Waals surface area contributed by atoms with Crippen molar-refractivity contribution in [3.63, 3.8) is 0 Å². The molecule has 0 aliphatic carbocycles. The van der Waals surface area contributed by atoms with Crippen LogP contribution in [0.1, 0.15) is 13.8 Å². The number of nitrogens with two attached hydrogens (primary N) is 1. The highest BCUT2D eigenvalue weighted by atomic mass is 31.2. The second-order valence-electron chi connectivity index (χ2n) is 1.72. The van der Waals surface area contributed by atoms with Gasteiger partial charge in [-0.2, -0.15) is 0 Å². The van der Waals surface area contributed by atoms with Crippen molar-refractivity contribution in [1.82, 2.24) is 6.15 Å². The average Bonchev–Trinajstić information content (AvgIpc) is 1.21. The Hall–Kier alpha value is 0.0700. The maximum atomic E-state index is 10.1. The average molecular weight is 156 g/mol. The summed E-state index contributed by atoms with van der Waals surface area (Å²) >= 11 is 0. The van der Waals surface area contributed by atoms with Crippen LogP contribution < -0.4 is 11.7 Å². The number of hydrogen-bond acceptors (Lipinski definition) is 3. The van der Waals surface area contributed by atoms with Crippen LogP contribution in [0.2, 0.25) is 0 Å². The minimum absolute atomic E-state index is 0. The lowest BCUT2D eigenvalue weighted by atomic mass is 10.5. The fourth-order valence-electron chi connectivity index (χ4n) is 0.302. The summed E-state index contributed by atoms with van der Waals surface area (Å²) in [6, 6.07) is 0. The molecule has 58 valence electrons. The second kappa shape index (κ2) is 3.98. The van der Waals surface area contributed by atoms with Crippen LogP contribution >= 0.6 is 7.75 Å². The standard InChI is InChI=1S/C3H10NO3P.H3N/c1-3(2)7-8(4,5)6;/h3H,1-2H3,(H3,4,5,6);1H3. The molecule has 0 aromatic heterocycles. The Morgan fingerprint density at radius 3 is 2.00 bits per heavy atom. The van der Waals surface area contributed by atoms with Gasteiger partial charge < -0.3 is 11.0 Å². The van der Waals surface area contributed by atoms with Gasteiger partial charge in [-0.15, -0.1) is 0 Å². The summed E-state index contributed by atoms with van der Waals surface area (Å²) in [6.07, 6.45) is -0.296. The molecule has 1 unspecified atom stereocenters. The fraction of sp³-hybridized carbons (Fsp3) is 1.00. The monoisotopic (exact) mass is 156 g/mol. The van der Waals surface area contributed by atoms with Crippen molar-refractivity contribution >= 4 is 7.75 Å². The Morgan fingerprint density at radius 1 is 1.67 bits per heavy atom. The quantitative estimate of drug-likeness (QED) is 0.508. The van der Waals surface area contributed by atoms with Gasteiger partial charge in [-0.3, -0.25) is 4.52 Å². The summed E-state index contributed by atoms with van der Waals surface area (Å²) in [5.74, 6) is 0. The fourth-order valence-corrected chi connectivity index (χ4v) is 0.906. The molecule has 0 aliphatic rings. The van der Waals surface area contributed by atoms with E-state index >= 15 is 0 Å². The summed E-state index contributed by atoms with van der Waals surface area (Å²) in [6.45, 7) is 3.27. The SMILES string of the molecule is CC(C)OP(N)(=O)O.N. The van der Waals surface area contributed by atoms with Gasteiger partial charge in [0.1, 0.15) is 0 Å². The van der Waals surface area contributed by atoms with Crippen LogP contribution in [-0.4, -0.2) is 11.0 Å². The highest BCUT2D eigenvalue weighted by Gasteiger charge is 2.12. The summed E-state index contributed by atoms with van der Waals surface area (Å²) < 4.78 is 14.5. The third-order valence-corrected chi connectivity index (χ3v) is 1.09. The van der Waals surface area contributed by atoms with Crippen LogP contribution in [0, 0.1) is 0 Å². The maximum absolute atomic E-state index is 10.1. The highest BCUT2D eigenvalue weighted by molar-refractivity contribution is 7.50. The molecular weight excluding hydrogens is 143 g/mol. The molecule has 6 N–H and O–H groups in total. The van der Waals surface area contributed by atoms with E-state index in [2.05, 4.69) is 10.0 Å². The minimum atomic E-state index is -3.72. The first kappa shape index (κ1) is 11.8. The largest absolute Gasteiger partial charge is 0.400 e. The molecule has 0 aromatic carbocycles. The van der Waals surface area contributed by atoms with E-state index in [4.69, 9.17) is 4.89 Å². The Bertz CT molecular complexity index is 110. The lowest BCUT2D eigenvalue weighted by Crippen LogP contribution is -2.05. The summed E-state index contributed by atoms with van der Waals surface area (Å²) in [5.41, 5.74) is 4.63. The van der Waals surface area contributed by atoms with Gasteiger partial charge in [-0.05, 0) is 13.8 Å². The summed E-state index contributed by atoms with van der Waals surface area (Å²) in [5, 5.41) is 0. The first-order chi connectivity index (χ1) is 3.42. The predicted octanol–water partition coefficient (Wildman–Crippen LogP) is 0.632. The van der Waals surface area contributed by atoms with Gasteiger partial charge >= 0.3 is 7.75 Å². The molecule has 0 fully saturated rings. The van der Waals surface area contributed by atoms with E-state index in [9.17, 15) is 4.57 Å². The van der Waals surface area contributed by atoms with Gasteiger partial charge in [0.15, 0.2) is 0 Å². The molecule has 5 nitrogen and oxygen atoms in total. The molecule has 0 saturated carbocycles. The van der Waals surface area contributed by atoms with Gasteiger partial charge in [-0.1, -0.05) is 0 Å². The molecular formula is C3H13N2O3P. The van der Waals surface area contributed by atoms with Crippen molar-refractivity contribution < 1.29 is 14.0 Å². The zero-order valence-electron chi connectivity index (χ0n) is 5.57. The second-order valence-corrected chi connectivity index (χ2v) is 3.06. The molecule has 1 atom stereocenters. The van der Waals surface area contributed by atoms with Crippen LogP contribution in [0.3, 0.4) is 0 Å². The minimum Gasteiger partial charge on any atom is -0.344 e. The van der Waals surface area contributed by atoms with Crippen LogP contribution in [0.15, 0.2) is 0 Å². The maximum Gasteiger partial charge on any atom is 0.400 e. The van der Waals surface area contributed by atoms with Gasteiger partial charge in [0.25, 0.3) is 0 Å². The Morgan fingerprint density at radius 2 is 2.00 bits per heavy atom. The lowest BCUT2D eigenvalue weighted by molar-refractivity contribution is 0.205. The van der Waals surface area contributed by atoms with Crippen LogP contribution in [0.4, 0.5) is 0 Å². The molecule has 0 saturated heterocycles. The van der Waals surface area contributed by atoms with Crippen LogP contribution in [-0.2, 0) is 9.09 Å². The van der Waals surface area contributed by atoms with E-state index in [1.165, 1.54) is 0 Å². The number of hydrogen-bond donors (Lipinski definition) is 3. The Kier molecular flexibility index (Phi) is 5.22. The molecule has 0 heterocycles.